The molecule has 0 aromatic heterocycles. The molecule has 2 unspecified atom stereocenters. The highest BCUT2D eigenvalue weighted by Gasteiger charge is 2.38. The van der Waals surface area contributed by atoms with Gasteiger partial charge in [0.25, 0.3) is 0 Å². The molecule has 6 heteroatoms. The smallest absolute Gasteiger partial charge is 0.320 e. The van der Waals surface area contributed by atoms with Gasteiger partial charge in [-0.05, 0) is 25.4 Å². The van der Waals surface area contributed by atoms with Gasteiger partial charge in [0, 0.05) is 32.1 Å². The van der Waals surface area contributed by atoms with E-state index < -0.39 is 5.97 Å². The molecule has 0 aromatic carbocycles. The lowest BCUT2D eigenvalue weighted by molar-refractivity contribution is -0.144. The maximum absolute atomic E-state index is 12.2. The highest BCUT2D eigenvalue weighted by atomic mass is 32.2. The first kappa shape index (κ1) is 16.1. The predicted molar refractivity (Wildman–Crippen MR) is 77.5 cm³/mol. The van der Waals surface area contributed by atoms with E-state index in [0.717, 1.165) is 12.2 Å². The van der Waals surface area contributed by atoms with Crippen molar-refractivity contribution in [2.75, 3.05) is 32.1 Å². The van der Waals surface area contributed by atoms with Crippen LogP contribution >= 0.6 is 11.8 Å². The first-order valence-electron chi connectivity index (χ1n) is 6.62. The van der Waals surface area contributed by atoms with Crippen molar-refractivity contribution >= 4 is 23.8 Å². The Bertz CT molecular complexity index is 332. The Morgan fingerprint density at radius 1 is 1.42 bits per heavy atom. The molecular formula is C13H24N2O3S. The van der Waals surface area contributed by atoms with E-state index in [9.17, 15) is 9.59 Å². The van der Waals surface area contributed by atoms with E-state index in [1.165, 1.54) is 0 Å². The fourth-order valence-electron chi connectivity index (χ4n) is 2.08. The second kappa shape index (κ2) is 7.03. The lowest BCUT2D eigenvalue weighted by Gasteiger charge is -2.43. The number of carbonyl (C=O) groups excluding carboxylic acids is 1. The van der Waals surface area contributed by atoms with Crippen LogP contribution in [0.5, 0.6) is 0 Å². The number of amides is 2. The zero-order valence-electron chi connectivity index (χ0n) is 12.1. The van der Waals surface area contributed by atoms with Crippen molar-refractivity contribution in [1.29, 1.82) is 0 Å². The second-order valence-electron chi connectivity index (χ2n) is 5.32. The van der Waals surface area contributed by atoms with Gasteiger partial charge in [-0.2, -0.15) is 11.8 Å². The SMILES string of the molecule is CSCCC(C)N(C)C(=O)N1CC(C(C)C(=O)O)C1. The molecule has 2 atom stereocenters. The molecule has 1 saturated heterocycles. The highest BCUT2D eigenvalue weighted by molar-refractivity contribution is 7.98. The first-order valence-corrected chi connectivity index (χ1v) is 8.01. The summed E-state index contributed by atoms with van der Waals surface area (Å²) >= 11 is 1.78. The van der Waals surface area contributed by atoms with Crippen molar-refractivity contribution in [3.63, 3.8) is 0 Å². The van der Waals surface area contributed by atoms with Crippen LogP contribution in [0.25, 0.3) is 0 Å². The Labute approximate surface area is 119 Å². The summed E-state index contributed by atoms with van der Waals surface area (Å²) in [7, 11) is 1.82. The molecule has 0 spiro atoms. The molecule has 0 aromatic rings. The van der Waals surface area contributed by atoms with Crippen LogP contribution < -0.4 is 0 Å². The summed E-state index contributed by atoms with van der Waals surface area (Å²) in [5.74, 6) is -0.0179. The van der Waals surface area contributed by atoms with Crippen molar-refractivity contribution in [2.45, 2.75) is 26.3 Å². The van der Waals surface area contributed by atoms with E-state index in [1.54, 1.807) is 28.5 Å². The Balaban J connectivity index is 2.38. The summed E-state index contributed by atoms with van der Waals surface area (Å²) in [5.41, 5.74) is 0. The van der Waals surface area contributed by atoms with Gasteiger partial charge in [-0.15, -0.1) is 0 Å². The molecule has 5 nitrogen and oxygen atoms in total. The number of rotatable bonds is 6. The Morgan fingerprint density at radius 2 is 2.00 bits per heavy atom. The van der Waals surface area contributed by atoms with Crippen LogP contribution in [-0.2, 0) is 4.79 Å². The number of aliphatic carboxylic acids is 1. The largest absolute Gasteiger partial charge is 0.481 e. The summed E-state index contributed by atoms with van der Waals surface area (Å²) in [6.45, 7) is 4.88. The van der Waals surface area contributed by atoms with Gasteiger partial charge in [-0.1, -0.05) is 6.92 Å². The fraction of sp³-hybridized carbons (Fsp3) is 0.846. The van der Waals surface area contributed by atoms with Crippen LogP contribution in [0.3, 0.4) is 0 Å². The molecule has 1 N–H and O–H groups in total. The van der Waals surface area contributed by atoms with E-state index in [1.807, 2.05) is 14.0 Å². The molecule has 1 fully saturated rings. The maximum Gasteiger partial charge on any atom is 0.320 e. The zero-order chi connectivity index (χ0) is 14.6. The molecule has 1 aliphatic heterocycles. The number of hydrogen-bond donors (Lipinski definition) is 1. The molecule has 0 saturated carbocycles. The average molecular weight is 288 g/mol. The molecular weight excluding hydrogens is 264 g/mol. The van der Waals surface area contributed by atoms with Crippen LogP contribution in [-0.4, -0.2) is 65.1 Å². The van der Waals surface area contributed by atoms with Crippen molar-refractivity contribution < 1.29 is 14.7 Å². The monoisotopic (exact) mass is 288 g/mol. The van der Waals surface area contributed by atoms with E-state index >= 15 is 0 Å². The average Bonchev–Trinajstić information content (AvgIpc) is 2.32. The zero-order valence-corrected chi connectivity index (χ0v) is 12.9. The second-order valence-corrected chi connectivity index (χ2v) is 6.30. The summed E-state index contributed by atoms with van der Waals surface area (Å²) in [6.07, 6.45) is 3.04. The van der Waals surface area contributed by atoms with Gasteiger partial charge >= 0.3 is 12.0 Å². The first-order chi connectivity index (χ1) is 8.88. The highest BCUT2D eigenvalue weighted by Crippen LogP contribution is 2.25. The molecule has 1 heterocycles. The Morgan fingerprint density at radius 3 is 2.47 bits per heavy atom. The third-order valence-electron chi connectivity index (χ3n) is 3.98. The quantitative estimate of drug-likeness (QED) is 0.810. The van der Waals surface area contributed by atoms with Crippen molar-refractivity contribution in [2.24, 2.45) is 11.8 Å². The minimum Gasteiger partial charge on any atom is -0.481 e. The topological polar surface area (TPSA) is 60.9 Å². The van der Waals surface area contributed by atoms with Gasteiger partial charge in [0.15, 0.2) is 0 Å². The van der Waals surface area contributed by atoms with Crippen molar-refractivity contribution in [3.8, 4) is 0 Å². The molecule has 0 aliphatic carbocycles. The van der Waals surface area contributed by atoms with Gasteiger partial charge in [-0.25, -0.2) is 4.79 Å². The number of carbonyl (C=O) groups is 2. The number of thioether (sulfide) groups is 1. The Hall–Kier alpha value is -0.910. The minimum absolute atomic E-state index is 0.0161. The van der Waals surface area contributed by atoms with Crippen LogP contribution in [0.4, 0.5) is 4.79 Å². The maximum atomic E-state index is 12.2. The normalized spacial score (nSPS) is 18.6. The molecule has 1 rings (SSSR count). The lowest BCUT2D eigenvalue weighted by Crippen LogP contribution is -2.57. The molecule has 1 aliphatic rings. The van der Waals surface area contributed by atoms with Crippen LogP contribution in [0, 0.1) is 11.8 Å². The number of carboxylic acid groups (broad SMARTS) is 1. The fourth-order valence-corrected chi connectivity index (χ4v) is 2.66. The summed E-state index contributed by atoms with van der Waals surface area (Å²) in [6, 6.07) is 0.235. The molecule has 110 valence electrons. The van der Waals surface area contributed by atoms with E-state index in [-0.39, 0.29) is 23.9 Å². The van der Waals surface area contributed by atoms with Gasteiger partial charge in [-0.3, -0.25) is 4.79 Å². The number of nitrogens with zero attached hydrogens (tertiary/aromatic N) is 2. The van der Waals surface area contributed by atoms with Crippen LogP contribution in [0.15, 0.2) is 0 Å². The third-order valence-corrected chi connectivity index (χ3v) is 4.62. The molecule has 0 bridgehead atoms. The van der Waals surface area contributed by atoms with Crippen LogP contribution in [0.2, 0.25) is 0 Å². The summed E-state index contributed by atoms with van der Waals surface area (Å²) < 4.78 is 0. The minimum atomic E-state index is -0.779. The number of carboxylic acids is 1. The van der Waals surface area contributed by atoms with E-state index in [4.69, 9.17) is 5.11 Å². The number of urea groups is 1. The molecule has 0 radical (unpaired) electrons. The molecule has 19 heavy (non-hydrogen) atoms. The Kier molecular flexibility index (Phi) is 5.97. The summed E-state index contributed by atoms with van der Waals surface area (Å²) in [5, 5.41) is 8.92. The number of hydrogen-bond acceptors (Lipinski definition) is 3. The lowest BCUT2D eigenvalue weighted by atomic mass is 9.87. The number of likely N-dealkylation sites (tertiary alicyclic amines) is 1. The van der Waals surface area contributed by atoms with E-state index in [2.05, 4.69) is 6.26 Å². The van der Waals surface area contributed by atoms with Crippen LogP contribution in [0.1, 0.15) is 20.3 Å². The van der Waals surface area contributed by atoms with Crippen molar-refractivity contribution in [3.05, 3.63) is 0 Å². The van der Waals surface area contributed by atoms with E-state index in [0.29, 0.717) is 13.1 Å². The standard InChI is InChI=1S/C13H24N2O3S/c1-9(5-6-19-4)14(3)13(18)15-7-11(8-15)10(2)12(16)17/h9-11H,5-8H2,1-4H3,(H,16,17). The van der Waals surface area contributed by atoms with Gasteiger partial charge < -0.3 is 14.9 Å². The third kappa shape index (κ3) is 4.03. The van der Waals surface area contributed by atoms with Gasteiger partial charge in [0.2, 0.25) is 0 Å². The van der Waals surface area contributed by atoms with Crippen molar-refractivity contribution in [1.82, 2.24) is 9.80 Å². The van der Waals surface area contributed by atoms with Gasteiger partial charge in [0.05, 0.1) is 5.92 Å². The molecule has 2 amide bonds. The predicted octanol–water partition coefficient (Wildman–Crippen LogP) is 1.83. The summed E-state index contributed by atoms with van der Waals surface area (Å²) in [4.78, 5) is 26.5. The van der Waals surface area contributed by atoms with Gasteiger partial charge in [0.1, 0.15) is 0 Å².